The lowest BCUT2D eigenvalue weighted by molar-refractivity contribution is -0.122. The summed E-state index contributed by atoms with van der Waals surface area (Å²) in [5.41, 5.74) is 5.72. The van der Waals surface area contributed by atoms with E-state index in [2.05, 4.69) is 24.1 Å². The van der Waals surface area contributed by atoms with Crippen molar-refractivity contribution < 1.29 is 9.53 Å². The molecule has 1 heterocycles. The maximum atomic E-state index is 11.8. The molecule has 0 aromatic rings. The van der Waals surface area contributed by atoms with Crippen molar-refractivity contribution in [1.29, 1.82) is 0 Å². The van der Waals surface area contributed by atoms with Crippen LogP contribution in [0.15, 0.2) is 0 Å². The Morgan fingerprint density at radius 2 is 2.05 bits per heavy atom. The average molecular weight is 285 g/mol. The first-order valence-electron chi connectivity index (χ1n) is 7.88. The topological polar surface area (TPSA) is 67.6 Å². The molecule has 0 saturated carbocycles. The normalized spacial score (nSPS) is 18.2. The lowest BCUT2D eigenvalue weighted by Crippen LogP contribution is -2.38. The van der Waals surface area contributed by atoms with Crippen LogP contribution in [0.1, 0.15) is 33.1 Å². The van der Waals surface area contributed by atoms with E-state index in [1.54, 1.807) is 0 Å². The van der Waals surface area contributed by atoms with Crippen LogP contribution in [0.5, 0.6) is 0 Å². The van der Waals surface area contributed by atoms with Gasteiger partial charge in [0.2, 0.25) is 5.91 Å². The van der Waals surface area contributed by atoms with Gasteiger partial charge in [-0.25, -0.2) is 0 Å². The Morgan fingerprint density at radius 3 is 2.65 bits per heavy atom. The molecular weight excluding hydrogens is 254 g/mol. The van der Waals surface area contributed by atoms with E-state index in [0.717, 1.165) is 52.2 Å². The number of amides is 1. The molecule has 0 spiro atoms. The first-order valence-corrected chi connectivity index (χ1v) is 7.88. The predicted molar refractivity (Wildman–Crippen MR) is 81.5 cm³/mol. The lowest BCUT2D eigenvalue weighted by atomic mass is 9.94. The summed E-state index contributed by atoms with van der Waals surface area (Å²) in [5, 5.41) is 3.01. The zero-order valence-corrected chi connectivity index (χ0v) is 13.1. The number of nitrogens with one attached hydrogen (secondary N) is 1. The van der Waals surface area contributed by atoms with Gasteiger partial charge in [0, 0.05) is 26.1 Å². The number of ether oxygens (including phenoxy) is 1. The van der Waals surface area contributed by atoms with Crippen LogP contribution in [-0.2, 0) is 9.53 Å². The molecule has 1 unspecified atom stereocenters. The predicted octanol–water partition coefficient (Wildman–Crippen LogP) is 0.836. The second-order valence-corrected chi connectivity index (χ2v) is 6.09. The molecule has 0 aromatic heterocycles. The highest BCUT2D eigenvalue weighted by Crippen LogP contribution is 2.13. The molecule has 0 bridgehead atoms. The zero-order valence-electron chi connectivity index (χ0n) is 13.1. The number of hydrogen-bond donors (Lipinski definition) is 2. The van der Waals surface area contributed by atoms with Gasteiger partial charge in [0.15, 0.2) is 0 Å². The Hall–Kier alpha value is -0.650. The Balaban J connectivity index is 2.06. The molecule has 0 aliphatic carbocycles. The van der Waals surface area contributed by atoms with Gasteiger partial charge in [-0.15, -0.1) is 0 Å². The third-order valence-electron chi connectivity index (χ3n) is 3.69. The standard InChI is InChI=1S/C15H31N3O2/c1-13(2)10-14(12-16)11-15(19)17-4-3-5-18-6-8-20-9-7-18/h13-14H,3-12,16H2,1-2H3,(H,17,19). The van der Waals surface area contributed by atoms with Crippen molar-refractivity contribution in [2.75, 3.05) is 45.9 Å². The van der Waals surface area contributed by atoms with Crippen LogP contribution in [0.25, 0.3) is 0 Å². The average Bonchev–Trinajstić information content (AvgIpc) is 2.43. The van der Waals surface area contributed by atoms with E-state index < -0.39 is 0 Å². The molecule has 1 aliphatic heterocycles. The summed E-state index contributed by atoms with van der Waals surface area (Å²) in [6.45, 7) is 10.4. The number of carbonyl (C=O) groups excluding carboxylic acids is 1. The van der Waals surface area contributed by atoms with Crippen LogP contribution < -0.4 is 11.1 Å². The van der Waals surface area contributed by atoms with Crippen LogP contribution in [0.3, 0.4) is 0 Å². The number of morpholine rings is 1. The Labute approximate surface area is 123 Å². The fourth-order valence-electron chi connectivity index (χ4n) is 2.62. The Bertz CT molecular complexity index is 266. The summed E-state index contributed by atoms with van der Waals surface area (Å²) in [6.07, 6.45) is 2.59. The largest absolute Gasteiger partial charge is 0.379 e. The van der Waals surface area contributed by atoms with E-state index in [4.69, 9.17) is 10.5 Å². The van der Waals surface area contributed by atoms with Gasteiger partial charge in [0.25, 0.3) is 0 Å². The third-order valence-corrected chi connectivity index (χ3v) is 3.69. The molecule has 5 heteroatoms. The molecular formula is C15H31N3O2. The minimum Gasteiger partial charge on any atom is -0.379 e. The van der Waals surface area contributed by atoms with Gasteiger partial charge < -0.3 is 15.8 Å². The molecule has 3 N–H and O–H groups in total. The zero-order chi connectivity index (χ0) is 14.8. The number of carbonyl (C=O) groups is 1. The van der Waals surface area contributed by atoms with Crippen LogP contribution >= 0.6 is 0 Å². The summed E-state index contributed by atoms with van der Waals surface area (Å²) in [6, 6.07) is 0. The first-order chi connectivity index (χ1) is 9.61. The monoisotopic (exact) mass is 285 g/mol. The van der Waals surface area contributed by atoms with E-state index in [-0.39, 0.29) is 5.91 Å². The highest BCUT2D eigenvalue weighted by atomic mass is 16.5. The molecule has 1 fully saturated rings. The summed E-state index contributed by atoms with van der Waals surface area (Å²) in [5.74, 6) is 1.05. The van der Waals surface area contributed by atoms with Gasteiger partial charge in [0.05, 0.1) is 13.2 Å². The second-order valence-electron chi connectivity index (χ2n) is 6.09. The van der Waals surface area contributed by atoms with E-state index in [1.165, 1.54) is 0 Å². The highest BCUT2D eigenvalue weighted by Gasteiger charge is 2.14. The van der Waals surface area contributed by atoms with Crippen LogP contribution in [0, 0.1) is 11.8 Å². The Kier molecular flexibility index (Phi) is 8.82. The second kappa shape index (κ2) is 10.1. The van der Waals surface area contributed by atoms with E-state index in [0.29, 0.717) is 24.8 Å². The summed E-state index contributed by atoms with van der Waals surface area (Å²) in [4.78, 5) is 14.2. The molecule has 0 radical (unpaired) electrons. The van der Waals surface area contributed by atoms with Crippen molar-refractivity contribution in [1.82, 2.24) is 10.2 Å². The smallest absolute Gasteiger partial charge is 0.220 e. The minimum atomic E-state index is 0.142. The van der Waals surface area contributed by atoms with Crippen LogP contribution in [0.4, 0.5) is 0 Å². The first kappa shape index (κ1) is 17.4. The molecule has 1 amide bonds. The van der Waals surface area contributed by atoms with Gasteiger partial charge >= 0.3 is 0 Å². The van der Waals surface area contributed by atoms with E-state index >= 15 is 0 Å². The molecule has 118 valence electrons. The molecule has 5 nitrogen and oxygen atoms in total. The van der Waals surface area contributed by atoms with Crippen LogP contribution in [-0.4, -0.2) is 56.7 Å². The van der Waals surface area contributed by atoms with Crippen LogP contribution in [0.2, 0.25) is 0 Å². The fourth-order valence-corrected chi connectivity index (χ4v) is 2.62. The van der Waals surface area contributed by atoms with Crippen molar-refractivity contribution in [2.24, 2.45) is 17.6 Å². The quantitative estimate of drug-likeness (QED) is 0.616. The van der Waals surface area contributed by atoms with Gasteiger partial charge in [-0.1, -0.05) is 13.8 Å². The fraction of sp³-hybridized carbons (Fsp3) is 0.933. The van der Waals surface area contributed by atoms with Crippen molar-refractivity contribution in [3.63, 3.8) is 0 Å². The maximum absolute atomic E-state index is 11.8. The summed E-state index contributed by atoms with van der Waals surface area (Å²) < 4.78 is 5.31. The number of nitrogens with two attached hydrogens (primary N) is 1. The van der Waals surface area contributed by atoms with Gasteiger partial charge in [-0.3, -0.25) is 9.69 Å². The molecule has 20 heavy (non-hydrogen) atoms. The van der Waals surface area contributed by atoms with Crippen molar-refractivity contribution >= 4 is 5.91 Å². The summed E-state index contributed by atoms with van der Waals surface area (Å²) in [7, 11) is 0. The van der Waals surface area contributed by atoms with Gasteiger partial charge in [-0.05, 0) is 37.8 Å². The van der Waals surface area contributed by atoms with E-state index in [9.17, 15) is 4.79 Å². The highest BCUT2D eigenvalue weighted by molar-refractivity contribution is 5.76. The van der Waals surface area contributed by atoms with E-state index in [1.807, 2.05) is 0 Å². The molecule has 1 saturated heterocycles. The minimum absolute atomic E-state index is 0.142. The Morgan fingerprint density at radius 1 is 1.35 bits per heavy atom. The lowest BCUT2D eigenvalue weighted by Gasteiger charge is -2.26. The number of nitrogens with zero attached hydrogens (tertiary/aromatic N) is 1. The van der Waals surface area contributed by atoms with Gasteiger partial charge in [-0.2, -0.15) is 0 Å². The number of hydrogen-bond acceptors (Lipinski definition) is 4. The van der Waals surface area contributed by atoms with Crippen molar-refractivity contribution in [2.45, 2.75) is 33.1 Å². The SMILES string of the molecule is CC(C)CC(CN)CC(=O)NCCCN1CCOCC1. The summed E-state index contributed by atoms with van der Waals surface area (Å²) >= 11 is 0. The molecule has 1 rings (SSSR count). The maximum Gasteiger partial charge on any atom is 0.220 e. The molecule has 0 aromatic carbocycles. The number of rotatable bonds is 9. The molecule has 1 aliphatic rings. The van der Waals surface area contributed by atoms with Crippen molar-refractivity contribution in [3.05, 3.63) is 0 Å². The van der Waals surface area contributed by atoms with Gasteiger partial charge in [0.1, 0.15) is 0 Å². The van der Waals surface area contributed by atoms with Crippen molar-refractivity contribution in [3.8, 4) is 0 Å². The molecule has 1 atom stereocenters. The third kappa shape index (κ3) is 7.82.